The number of aliphatic hydroxyl groups excluding tert-OH is 3. The van der Waals surface area contributed by atoms with Crippen molar-refractivity contribution in [2.75, 3.05) is 46.6 Å². The fourth-order valence-corrected chi connectivity index (χ4v) is 1.90. The molecule has 0 radical (unpaired) electrons. The van der Waals surface area contributed by atoms with Gasteiger partial charge >= 0.3 is 0 Å². The predicted molar refractivity (Wildman–Crippen MR) is 74.2 cm³/mol. The van der Waals surface area contributed by atoms with E-state index in [9.17, 15) is 5.11 Å². The Balaban J connectivity index is 2.35. The van der Waals surface area contributed by atoms with Crippen molar-refractivity contribution < 1.29 is 29.7 Å². The zero-order valence-electron chi connectivity index (χ0n) is 11.8. The van der Waals surface area contributed by atoms with Gasteiger partial charge in [-0.3, -0.25) is 0 Å². The Labute approximate surface area is 119 Å². The Hall–Kier alpha value is -1.34. The molecule has 20 heavy (non-hydrogen) atoms. The average Bonchev–Trinajstić information content (AvgIpc) is 2.46. The van der Waals surface area contributed by atoms with E-state index in [1.807, 2.05) is 0 Å². The summed E-state index contributed by atoms with van der Waals surface area (Å²) in [6.45, 7) is 1.66. The molecular weight excluding hydrogens is 262 g/mol. The Morgan fingerprint density at radius 2 is 1.60 bits per heavy atom. The fraction of sp³-hybridized carbons (Fsp3) is 0.571. The number of rotatable bonds is 10. The SMILES string of the molecule is COc1ccc(OC[C@@H](O)C[NH+](CCO)CCO)cc1. The van der Waals surface area contributed by atoms with Crippen molar-refractivity contribution in [2.45, 2.75) is 6.10 Å². The van der Waals surface area contributed by atoms with E-state index in [1.54, 1.807) is 31.4 Å². The minimum Gasteiger partial charge on any atom is -0.497 e. The van der Waals surface area contributed by atoms with Crippen molar-refractivity contribution >= 4 is 0 Å². The summed E-state index contributed by atoms with van der Waals surface area (Å²) in [7, 11) is 1.60. The van der Waals surface area contributed by atoms with Gasteiger partial charge in [-0.1, -0.05) is 0 Å². The summed E-state index contributed by atoms with van der Waals surface area (Å²) in [4.78, 5) is 0.945. The second kappa shape index (κ2) is 9.55. The molecule has 0 bridgehead atoms. The standard InChI is InChI=1S/C14H23NO5/c1-19-13-2-4-14(5-3-13)20-11-12(18)10-15(6-8-16)7-9-17/h2-5,12,16-18H,6-11H2,1H3/p+1/t12-/m0/s1. The number of ether oxygens (including phenoxy) is 2. The summed E-state index contributed by atoms with van der Waals surface area (Å²) in [5.41, 5.74) is 0. The predicted octanol–water partition coefficient (Wildman–Crippen LogP) is -1.70. The van der Waals surface area contributed by atoms with E-state index >= 15 is 0 Å². The van der Waals surface area contributed by atoms with Crippen LogP contribution in [0.5, 0.6) is 11.5 Å². The largest absolute Gasteiger partial charge is 0.497 e. The van der Waals surface area contributed by atoms with Gasteiger partial charge in [0.2, 0.25) is 0 Å². The first-order chi connectivity index (χ1) is 9.69. The maximum atomic E-state index is 9.90. The molecule has 0 amide bonds. The van der Waals surface area contributed by atoms with Gasteiger partial charge in [-0.2, -0.15) is 0 Å². The average molecular weight is 286 g/mol. The Morgan fingerprint density at radius 3 is 2.10 bits per heavy atom. The van der Waals surface area contributed by atoms with Crippen LogP contribution in [0.4, 0.5) is 0 Å². The molecule has 0 aliphatic carbocycles. The highest BCUT2D eigenvalue weighted by molar-refractivity contribution is 5.31. The van der Waals surface area contributed by atoms with E-state index in [1.165, 1.54) is 0 Å². The molecule has 114 valence electrons. The molecular formula is C14H24NO5+. The molecule has 0 spiro atoms. The normalized spacial score (nSPS) is 12.4. The lowest BCUT2D eigenvalue weighted by molar-refractivity contribution is -0.903. The van der Waals surface area contributed by atoms with Crippen LogP contribution in [0.15, 0.2) is 24.3 Å². The molecule has 6 heteroatoms. The van der Waals surface area contributed by atoms with E-state index < -0.39 is 6.10 Å². The van der Waals surface area contributed by atoms with Gasteiger partial charge < -0.3 is 29.7 Å². The van der Waals surface area contributed by atoms with E-state index in [-0.39, 0.29) is 19.8 Å². The van der Waals surface area contributed by atoms with Gasteiger partial charge in [-0.05, 0) is 24.3 Å². The molecule has 0 aromatic heterocycles. The first-order valence-corrected chi connectivity index (χ1v) is 6.69. The zero-order valence-corrected chi connectivity index (χ0v) is 11.8. The molecule has 1 rings (SSSR count). The molecule has 1 atom stereocenters. The molecule has 1 aromatic carbocycles. The highest BCUT2D eigenvalue weighted by Crippen LogP contribution is 2.16. The number of hydrogen-bond donors (Lipinski definition) is 4. The number of nitrogens with one attached hydrogen (secondary N) is 1. The number of hydrogen-bond acceptors (Lipinski definition) is 5. The van der Waals surface area contributed by atoms with Crippen molar-refractivity contribution in [3.05, 3.63) is 24.3 Å². The fourth-order valence-electron chi connectivity index (χ4n) is 1.90. The van der Waals surface area contributed by atoms with Crippen LogP contribution in [0.1, 0.15) is 0 Å². The van der Waals surface area contributed by atoms with Crippen LogP contribution in [-0.4, -0.2) is 68.0 Å². The van der Waals surface area contributed by atoms with E-state index in [0.717, 1.165) is 10.6 Å². The quantitative estimate of drug-likeness (QED) is 0.412. The molecule has 0 fully saturated rings. The maximum Gasteiger partial charge on any atom is 0.137 e. The van der Waals surface area contributed by atoms with Crippen molar-refractivity contribution in [1.29, 1.82) is 0 Å². The summed E-state index contributed by atoms with van der Waals surface area (Å²) >= 11 is 0. The molecule has 6 nitrogen and oxygen atoms in total. The van der Waals surface area contributed by atoms with E-state index in [4.69, 9.17) is 19.7 Å². The van der Waals surface area contributed by atoms with Crippen LogP contribution in [0, 0.1) is 0 Å². The lowest BCUT2D eigenvalue weighted by Gasteiger charge is -2.20. The minimum absolute atomic E-state index is 0.0292. The summed E-state index contributed by atoms with van der Waals surface area (Å²) < 4.78 is 10.5. The van der Waals surface area contributed by atoms with Crippen LogP contribution in [0.3, 0.4) is 0 Å². The summed E-state index contributed by atoms with van der Waals surface area (Å²) in [6.07, 6.45) is -0.648. The molecule has 0 aliphatic heterocycles. The van der Waals surface area contributed by atoms with Crippen molar-refractivity contribution in [3.63, 3.8) is 0 Å². The lowest BCUT2D eigenvalue weighted by Crippen LogP contribution is -3.14. The summed E-state index contributed by atoms with van der Waals surface area (Å²) in [5, 5.41) is 27.7. The van der Waals surface area contributed by atoms with Crippen molar-refractivity contribution in [2.24, 2.45) is 0 Å². The molecule has 0 unspecified atom stereocenters. The molecule has 4 N–H and O–H groups in total. The highest BCUT2D eigenvalue weighted by atomic mass is 16.5. The van der Waals surface area contributed by atoms with Crippen molar-refractivity contribution in [3.8, 4) is 11.5 Å². The Morgan fingerprint density at radius 1 is 1.05 bits per heavy atom. The van der Waals surface area contributed by atoms with Crippen molar-refractivity contribution in [1.82, 2.24) is 0 Å². The third kappa shape index (κ3) is 6.21. The smallest absolute Gasteiger partial charge is 0.137 e. The highest BCUT2D eigenvalue weighted by Gasteiger charge is 2.15. The van der Waals surface area contributed by atoms with Crippen LogP contribution in [0.25, 0.3) is 0 Å². The zero-order chi connectivity index (χ0) is 14.8. The van der Waals surface area contributed by atoms with Gasteiger partial charge in [0.15, 0.2) is 0 Å². The first-order valence-electron chi connectivity index (χ1n) is 6.69. The number of benzene rings is 1. The van der Waals surface area contributed by atoms with E-state index in [2.05, 4.69) is 0 Å². The second-order valence-corrected chi connectivity index (χ2v) is 4.54. The third-order valence-electron chi connectivity index (χ3n) is 2.96. The molecule has 0 saturated heterocycles. The minimum atomic E-state index is -0.648. The molecule has 1 aromatic rings. The second-order valence-electron chi connectivity index (χ2n) is 4.54. The lowest BCUT2D eigenvalue weighted by atomic mass is 10.3. The number of quaternary nitrogens is 1. The Kier molecular flexibility index (Phi) is 7.98. The molecule has 0 aliphatic rings. The van der Waals surface area contributed by atoms with Gasteiger partial charge in [-0.15, -0.1) is 0 Å². The topological polar surface area (TPSA) is 83.6 Å². The van der Waals surface area contributed by atoms with Gasteiger partial charge in [-0.25, -0.2) is 0 Å². The van der Waals surface area contributed by atoms with Crippen LogP contribution >= 0.6 is 0 Å². The summed E-state index contributed by atoms with van der Waals surface area (Å²) in [5.74, 6) is 1.41. The number of methoxy groups -OCH3 is 1. The Bertz CT molecular complexity index is 351. The molecule has 0 heterocycles. The van der Waals surface area contributed by atoms with Crippen LogP contribution in [0.2, 0.25) is 0 Å². The van der Waals surface area contributed by atoms with Gasteiger partial charge in [0.05, 0.1) is 20.3 Å². The van der Waals surface area contributed by atoms with E-state index in [0.29, 0.717) is 25.4 Å². The van der Waals surface area contributed by atoms with Crippen LogP contribution in [-0.2, 0) is 0 Å². The summed E-state index contributed by atoms with van der Waals surface area (Å²) in [6, 6.07) is 7.13. The third-order valence-corrected chi connectivity index (χ3v) is 2.96. The first kappa shape index (κ1) is 16.7. The van der Waals surface area contributed by atoms with Crippen LogP contribution < -0.4 is 14.4 Å². The number of aliphatic hydroxyl groups is 3. The van der Waals surface area contributed by atoms with Gasteiger partial charge in [0.1, 0.15) is 43.8 Å². The van der Waals surface area contributed by atoms with Gasteiger partial charge in [0, 0.05) is 0 Å². The monoisotopic (exact) mass is 286 g/mol. The van der Waals surface area contributed by atoms with Gasteiger partial charge in [0.25, 0.3) is 0 Å². The molecule has 0 saturated carbocycles. The maximum absolute atomic E-state index is 9.90.